The molecular weight excluding hydrogens is 998 g/mol. The van der Waals surface area contributed by atoms with Crippen LogP contribution >= 0.6 is 58.0 Å². The number of hydrogen-bond donors (Lipinski definition) is 6. The summed E-state index contributed by atoms with van der Waals surface area (Å²) in [5.74, 6) is 0.592. The van der Waals surface area contributed by atoms with E-state index in [1.165, 1.54) is 13.8 Å². The Labute approximate surface area is 427 Å². The molecule has 21 heteroatoms. The first-order valence-corrected chi connectivity index (χ1v) is 22.1. The molecule has 0 aliphatic rings. The van der Waals surface area contributed by atoms with Crippen molar-refractivity contribution in [1.82, 2.24) is 29.9 Å². The van der Waals surface area contributed by atoms with E-state index in [1.807, 2.05) is 36.4 Å². The molecule has 0 saturated heterocycles. The highest BCUT2D eigenvalue weighted by Crippen LogP contribution is 2.28. The summed E-state index contributed by atoms with van der Waals surface area (Å²) >= 11 is 29.8. The molecule has 16 nitrogen and oxygen atoms in total. The number of nitrogens with one attached hydrogen (secondary N) is 5. The molecular formula is C49H41Cl5N12O4. The van der Waals surface area contributed by atoms with Crippen LogP contribution in [0.25, 0.3) is 22.5 Å². The maximum Gasteiger partial charge on any atom is 0.259 e. The molecule has 0 aliphatic heterocycles. The Kier molecular flexibility index (Phi) is 19.5. The van der Waals surface area contributed by atoms with Gasteiger partial charge in [0, 0.05) is 48.7 Å². The SMILES string of the molecule is C.CC(=O)Nc1ccc(-c2ccnc(Cl)n2)cc1.CC(=O)Nc1ccc(-c2ccnc(Nc3cccc(NC(=O)c4c(Cl)cccc4Cl)n3)n2)cc1.Nc1cccc(NC(=O)c2c(Cl)cccc2Cl)n1. The first-order chi connectivity index (χ1) is 33.1. The van der Waals surface area contributed by atoms with Gasteiger partial charge in [0.25, 0.3) is 11.8 Å². The van der Waals surface area contributed by atoms with Gasteiger partial charge in [-0.2, -0.15) is 0 Å². The Bertz CT molecular complexity index is 3090. The normalized spacial score (nSPS) is 10.1. The van der Waals surface area contributed by atoms with Crippen molar-refractivity contribution in [2.75, 3.05) is 32.3 Å². The van der Waals surface area contributed by atoms with Gasteiger partial charge in [-0.1, -0.05) is 102 Å². The molecule has 8 aromatic rings. The summed E-state index contributed by atoms with van der Waals surface area (Å²) in [7, 11) is 0. The fourth-order valence-corrected chi connectivity index (χ4v) is 7.21. The van der Waals surface area contributed by atoms with Gasteiger partial charge in [-0.15, -0.1) is 0 Å². The number of benzene rings is 4. The number of hydrogen-bond acceptors (Lipinski definition) is 12. The molecule has 0 saturated carbocycles. The number of rotatable bonds is 10. The molecule has 4 amide bonds. The Morgan fingerprint density at radius 2 is 0.871 bits per heavy atom. The van der Waals surface area contributed by atoms with Crippen molar-refractivity contribution in [2.45, 2.75) is 21.3 Å². The largest absolute Gasteiger partial charge is 0.384 e. The number of nitrogen functional groups attached to an aromatic ring is 1. The maximum atomic E-state index is 12.6. The number of amides is 4. The molecule has 4 aromatic heterocycles. The van der Waals surface area contributed by atoms with Crippen LogP contribution in [0.3, 0.4) is 0 Å². The fraction of sp³-hybridized carbons (Fsp3) is 0.0612. The summed E-state index contributed by atoms with van der Waals surface area (Å²) < 4.78 is 0. The number of carbonyl (C=O) groups is 4. The lowest BCUT2D eigenvalue weighted by Crippen LogP contribution is -2.14. The number of nitrogens with zero attached hydrogens (tertiary/aromatic N) is 6. The zero-order valence-corrected chi connectivity index (χ0v) is 39.9. The maximum absolute atomic E-state index is 12.6. The number of aromatic nitrogens is 6. The number of pyridine rings is 2. The second kappa shape index (κ2) is 25.6. The van der Waals surface area contributed by atoms with Crippen molar-refractivity contribution in [3.8, 4) is 22.5 Å². The average molecular weight is 1040 g/mol. The van der Waals surface area contributed by atoms with Crippen LogP contribution in [0, 0.1) is 0 Å². The third-order valence-corrected chi connectivity index (χ3v) is 10.3. The van der Waals surface area contributed by atoms with Crippen molar-refractivity contribution < 1.29 is 19.2 Å². The zero-order valence-electron chi connectivity index (χ0n) is 36.1. The summed E-state index contributed by atoms with van der Waals surface area (Å²) in [4.78, 5) is 71.7. The number of anilines is 7. The number of carbonyl (C=O) groups excluding carboxylic acids is 4. The lowest BCUT2D eigenvalue weighted by Gasteiger charge is -2.10. The predicted octanol–water partition coefficient (Wildman–Crippen LogP) is 12.4. The van der Waals surface area contributed by atoms with Crippen molar-refractivity contribution in [3.05, 3.63) is 182 Å². The molecule has 0 aliphatic carbocycles. The summed E-state index contributed by atoms with van der Waals surface area (Å²) in [5, 5.41) is 15.0. The molecule has 7 N–H and O–H groups in total. The van der Waals surface area contributed by atoms with E-state index in [2.05, 4.69) is 56.5 Å². The minimum atomic E-state index is -0.471. The molecule has 8 rings (SSSR count). The van der Waals surface area contributed by atoms with Crippen LogP contribution in [0.5, 0.6) is 0 Å². The Morgan fingerprint density at radius 3 is 1.33 bits per heavy atom. The average Bonchev–Trinajstić information content (AvgIpc) is 3.30. The van der Waals surface area contributed by atoms with Gasteiger partial charge >= 0.3 is 0 Å². The van der Waals surface area contributed by atoms with E-state index in [0.717, 1.165) is 22.5 Å². The summed E-state index contributed by atoms with van der Waals surface area (Å²) in [6.45, 7) is 2.93. The molecule has 0 atom stereocenters. The third kappa shape index (κ3) is 15.7. The van der Waals surface area contributed by atoms with Crippen LogP contribution in [-0.2, 0) is 9.59 Å². The minimum absolute atomic E-state index is 0. The van der Waals surface area contributed by atoms with Gasteiger partial charge in [-0.05, 0) is 96.5 Å². The number of halogens is 5. The fourth-order valence-electron chi connectivity index (χ4n) is 5.93. The van der Waals surface area contributed by atoms with E-state index in [4.69, 9.17) is 63.7 Å². The monoisotopic (exact) mass is 1040 g/mol. The van der Waals surface area contributed by atoms with Crippen molar-refractivity contribution in [2.24, 2.45) is 0 Å². The van der Waals surface area contributed by atoms with E-state index >= 15 is 0 Å². The smallest absolute Gasteiger partial charge is 0.259 e. The van der Waals surface area contributed by atoms with Crippen molar-refractivity contribution in [3.63, 3.8) is 0 Å². The molecule has 4 heterocycles. The van der Waals surface area contributed by atoms with Gasteiger partial charge in [-0.3, -0.25) is 19.2 Å². The Balaban J connectivity index is 0.000000214. The van der Waals surface area contributed by atoms with Gasteiger partial charge in [-0.25, -0.2) is 29.9 Å². The molecule has 0 bridgehead atoms. The Hall–Kier alpha value is -7.73. The highest BCUT2D eigenvalue weighted by atomic mass is 35.5. The van der Waals surface area contributed by atoms with E-state index in [1.54, 1.807) is 109 Å². The van der Waals surface area contributed by atoms with Crippen LogP contribution in [0.15, 0.2) is 146 Å². The van der Waals surface area contributed by atoms with Crippen molar-refractivity contribution >= 4 is 122 Å². The third-order valence-electron chi connectivity index (χ3n) is 8.91. The molecule has 4 aromatic carbocycles. The molecule has 356 valence electrons. The molecule has 0 fully saturated rings. The summed E-state index contributed by atoms with van der Waals surface area (Å²) in [6.07, 6.45) is 3.23. The quantitative estimate of drug-likeness (QED) is 0.0703. The topological polar surface area (TPSA) is 232 Å². The van der Waals surface area contributed by atoms with Crippen LogP contribution in [-0.4, -0.2) is 53.5 Å². The molecule has 70 heavy (non-hydrogen) atoms. The lowest BCUT2D eigenvalue weighted by molar-refractivity contribution is -0.115. The van der Waals surface area contributed by atoms with Crippen LogP contribution < -0.4 is 32.3 Å². The minimum Gasteiger partial charge on any atom is -0.384 e. The van der Waals surface area contributed by atoms with Gasteiger partial charge in [0.15, 0.2) is 0 Å². The first-order valence-electron chi connectivity index (χ1n) is 20.2. The molecule has 0 unspecified atom stereocenters. The van der Waals surface area contributed by atoms with Gasteiger partial charge in [0.1, 0.15) is 23.3 Å². The van der Waals surface area contributed by atoms with Gasteiger partial charge in [0.2, 0.25) is 23.0 Å². The van der Waals surface area contributed by atoms with Crippen LogP contribution in [0.1, 0.15) is 42.0 Å². The number of nitrogens with two attached hydrogens (primary N) is 1. The van der Waals surface area contributed by atoms with E-state index in [-0.39, 0.29) is 55.7 Å². The van der Waals surface area contributed by atoms with Crippen molar-refractivity contribution in [1.29, 1.82) is 0 Å². The van der Waals surface area contributed by atoms with Crippen LogP contribution in [0.2, 0.25) is 25.4 Å². The predicted molar refractivity (Wildman–Crippen MR) is 280 cm³/mol. The van der Waals surface area contributed by atoms with E-state index in [9.17, 15) is 19.2 Å². The molecule has 0 radical (unpaired) electrons. The standard InChI is InChI=1S/C24H18Cl2N6O2.C12H9Cl2N3O.C12H10ClN3O.CH4/c1-14(33)28-16-10-8-15(9-11-16)19-12-13-27-24(29-19)32-21-7-3-6-20(30-21)31-23(34)22-17(25)4-2-5-18(22)26;13-7-3-1-4-8(14)11(7)12(18)17-10-6-2-5-9(15)16-10;1-8(17)15-10-4-2-9(3-5-10)11-6-7-14-12(13)16-11;/h2-13H,1H3,(H,28,33)(H2,27,29,30,31,32,34);1-6H,(H3,15,16,17,18);2-7H,1H3,(H,15,17);1H4. The highest BCUT2D eigenvalue weighted by Gasteiger charge is 2.17. The van der Waals surface area contributed by atoms with Gasteiger partial charge in [0.05, 0.1) is 42.6 Å². The van der Waals surface area contributed by atoms with E-state index < -0.39 is 11.8 Å². The highest BCUT2D eigenvalue weighted by molar-refractivity contribution is 6.41. The second-order valence-corrected chi connectivity index (χ2v) is 16.0. The lowest BCUT2D eigenvalue weighted by atomic mass is 10.1. The summed E-state index contributed by atoms with van der Waals surface area (Å²) in [6, 6.07) is 37.9. The molecule has 0 spiro atoms. The second-order valence-electron chi connectivity index (χ2n) is 14.1. The van der Waals surface area contributed by atoms with Crippen LogP contribution in [0.4, 0.5) is 40.6 Å². The zero-order chi connectivity index (χ0) is 49.5. The van der Waals surface area contributed by atoms with Gasteiger partial charge < -0.3 is 32.3 Å². The summed E-state index contributed by atoms with van der Waals surface area (Å²) in [5.41, 5.74) is 10.6. The Morgan fingerprint density at radius 1 is 0.457 bits per heavy atom. The van der Waals surface area contributed by atoms with E-state index in [0.29, 0.717) is 40.6 Å². The first kappa shape index (κ1) is 53.2.